The van der Waals surface area contributed by atoms with Crippen LogP contribution in [-0.2, 0) is 17.5 Å². The summed E-state index contributed by atoms with van der Waals surface area (Å²) in [5.74, 6) is 1.39. The van der Waals surface area contributed by atoms with Gasteiger partial charge in [-0.3, -0.25) is 9.69 Å². The molecule has 1 fully saturated rings. The van der Waals surface area contributed by atoms with Crippen molar-refractivity contribution >= 4 is 33.7 Å². The Bertz CT molecular complexity index is 1030. The Morgan fingerprint density at radius 2 is 1.94 bits per heavy atom. The Kier molecular flexibility index (Phi) is 8.27. The van der Waals surface area contributed by atoms with Crippen LogP contribution < -0.4 is 9.47 Å². The Morgan fingerprint density at radius 1 is 1.22 bits per heavy atom. The molecule has 2 aromatic rings. The molecular formula is C24H32N2O4S2. The number of carbonyl (C=O) groups excluding carboxylic acids is 1. The fourth-order valence-corrected chi connectivity index (χ4v) is 6.43. The lowest BCUT2D eigenvalue weighted by Crippen LogP contribution is -2.51. The zero-order valence-corrected chi connectivity index (χ0v) is 21.3. The van der Waals surface area contributed by atoms with Crippen LogP contribution in [0.1, 0.15) is 46.4 Å². The molecule has 0 amide bonds. The molecule has 0 aliphatic carbocycles. The number of ether oxygens (including phenoxy) is 2. The number of nitrogens with zero attached hydrogens (tertiary/aromatic N) is 2. The fraction of sp³-hybridized carbons (Fsp3) is 0.458. The number of rotatable bonds is 8. The fourth-order valence-electron chi connectivity index (χ4n) is 4.18. The van der Waals surface area contributed by atoms with E-state index in [-0.39, 0.29) is 11.8 Å². The van der Waals surface area contributed by atoms with Crippen LogP contribution in [-0.4, -0.2) is 65.3 Å². The van der Waals surface area contributed by atoms with E-state index < -0.39 is 11.0 Å². The number of benzene rings is 1. The second-order valence-corrected chi connectivity index (χ2v) is 10.4. The highest BCUT2D eigenvalue weighted by Gasteiger charge is 2.27. The molecule has 1 aliphatic rings. The predicted octanol–water partition coefficient (Wildman–Crippen LogP) is 4.22. The zero-order chi connectivity index (χ0) is 23.4. The average Bonchev–Trinajstić information content (AvgIpc) is 3.17. The van der Waals surface area contributed by atoms with Crippen LogP contribution in [0, 0.1) is 0 Å². The minimum atomic E-state index is -0.945. The number of methoxy groups -OCH3 is 2. The van der Waals surface area contributed by atoms with Gasteiger partial charge in [0, 0.05) is 53.8 Å². The summed E-state index contributed by atoms with van der Waals surface area (Å²) in [6.45, 7) is 9.00. The van der Waals surface area contributed by atoms with E-state index in [4.69, 9.17) is 9.47 Å². The first-order chi connectivity index (χ1) is 15.3. The van der Waals surface area contributed by atoms with Crippen molar-refractivity contribution in [2.45, 2.75) is 33.4 Å². The first-order valence-corrected chi connectivity index (χ1v) is 13.0. The molecule has 0 radical (unpaired) electrons. The molecule has 2 heterocycles. The number of hydrogen-bond donors (Lipinski definition) is 0. The molecule has 1 saturated heterocycles. The molecule has 32 heavy (non-hydrogen) atoms. The Morgan fingerprint density at radius 3 is 2.50 bits per heavy atom. The highest BCUT2D eigenvalue weighted by atomic mass is 32.2. The SMILES string of the molecule is C/C=C(/c1ccc(OC)c(OC)c1)c1sc(CN2CCN(S(C)=O)[C@@H](C)C2)cc1C(C)=O. The second-order valence-electron chi connectivity index (χ2n) is 7.93. The van der Waals surface area contributed by atoms with Crippen molar-refractivity contribution in [1.29, 1.82) is 0 Å². The van der Waals surface area contributed by atoms with Crippen molar-refractivity contribution in [1.82, 2.24) is 9.21 Å². The number of allylic oxidation sites excluding steroid dienone is 1. The van der Waals surface area contributed by atoms with Crippen LogP contribution in [0.5, 0.6) is 11.5 Å². The van der Waals surface area contributed by atoms with Gasteiger partial charge in [0.1, 0.15) is 0 Å². The van der Waals surface area contributed by atoms with Gasteiger partial charge in [-0.1, -0.05) is 12.1 Å². The summed E-state index contributed by atoms with van der Waals surface area (Å²) in [7, 11) is 2.29. The first kappa shape index (κ1) is 24.6. The normalized spacial score (nSPS) is 19.1. The number of thiophene rings is 1. The van der Waals surface area contributed by atoms with Crippen LogP contribution in [0.25, 0.3) is 5.57 Å². The van der Waals surface area contributed by atoms with E-state index in [0.717, 1.165) is 52.6 Å². The first-order valence-electron chi connectivity index (χ1n) is 10.6. The summed E-state index contributed by atoms with van der Waals surface area (Å²) in [6.07, 6.45) is 3.78. The van der Waals surface area contributed by atoms with Crippen molar-refractivity contribution in [3.05, 3.63) is 51.2 Å². The third kappa shape index (κ3) is 5.31. The van der Waals surface area contributed by atoms with E-state index in [0.29, 0.717) is 11.5 Å². The lowest BCUT2D eigenvalue weighted by Gasteiger charge is -2.37. The molecule has 6 nitrogen and oxygen atoms in total. The lowest BCUT2D eigenvalue weighted by molar-refractivity contribution is 0.101. The van der Waals surface area contributed by atoms with Crippen LogP contribution in [0.3, 0.4) is 0 Å². The van der Waals surface area contributed by atoms with Gasteiger partial charge in [0.05, 0.1) is 25.2 Å². The minimum Gasteiger partial charge on any atom is -0.493 e. The number of carbonyl (C=O) groups is 1. The molecule has 1 aliphatic heterocycles. The summed E-state index contributed by atoms with van der Waals surface area (Å²) in [5, 5.41) is 0. The summed E-state index contributed by atoms with van der Waals surface area (Å²) in [5.41, 5.74) is 2.73. The maximum Gasteiger partial charge on any atom is 0.161 e. The highest BCUT2D eigenvalue weighted by molar-refractivity contribution is 7.81. The number of hydrogen-bond acceptors (Lipinski definition) is 6. The van der Waals surface area contributed by atoms with Crippen LogP contribution in [0.4, 0.5) is 0 Å². The monoisotopic (exact) mass is 476 g/mol. The maximum absolute atomic E-state index is 12.5. The minimum absolute atomic E-state index is 0.0573. The van der Waals surface area contributed by atoms with Gasteiger partial charge < -0.3 is 9.47 Å². The topological polar surface area (TPSA) is 59.1 Å². The van der Waals surface area contributed by atoms with E-state index in [1.165, 1.54) is 0 Å². The summed E-state index contributed by atoms with van der Waals surface area (Å²) < 4.78 is 24.8. The number of piperazine rings is 1. The molecule has 1 unspecified atom stereocenters. The molecule has 0 N–H and O–H groups in total. The van der Waals surface area contributed by atoms with Crippen LogP contribution >= 0.6 is 11.3 Å². The van der Waals surface area contributed by atoms with Gasteiger partial charge in [0.15, 0.2) is 17.3 Å². The summed E-state index contributed by atoms with van der Waals surface area (Å²) in [6, 6.07) is 8.09. The van der Waals surface area contributed by atoms with Gasteiger partial charge in [-0.25, -0.2) is 8.51 Å². The van der Waals surface area contributed by atoms with Gasteiger partial charge >= 0.3 is 0 Å². The Labute approximate surface area is 197 Å². The summed E-state index contributed by atoms with van der Waals surface area (Å²) >= 11 is 1.66. The van der Waals surface area contributed by atoms with Crippen molar-refractivity contribution in [2.75, 3.05) is 40.1 Å². The van der Waals surface area contributed by atoms with Crippen LogP contribution in [0.2, 0.25) is 0 Å². The van der Waals surface area contributed by atoms with Crippen molar-refractivity contribution < 1.29 is 18.5 Å². The second kappa shape index (κ2) is 10.7. The van der Waals surface area contributed by atoms with Crippen molar-refractivity contribution in [3.8, 4) is 11.5 Å². The van der Waals surface area contributed by atoms with Gasteiger partial charge in [0.2, 0.25) is 0 Å². The molecule has 174 valence electrons. The highest BCUT2D eigenvalue weighted by Crippen LogP contribution is 2.38. The third-order valence-corrected chi connectivity index (χ3v) is 8.11. The van der Waals surface area contributed by atoms with Gasteiger partial charge in [-0.2, -0.15) is 0 Å². The van der Waals surface area contributed by atoms with Crippen LogP contribution in [0.15, 0.2) is 30.3 Å². The smallest absolute Gasteiger partial charge is 0.161 e. The molecule has 0 bridgehead atoms. The average molecular weight is 477 g/mol. The van der Waals surface area contributed by atoms with E-state index in [1.807, 2.05) is 41.6 Å². The molecule has 2 atom stereocenters. The molecule has 0 saturated carbocycles. The van der Waals surface area contributed by atoms with Gasteiger partial charge in [0.25, 0.3) is 0 Å². The predicted molar refractivity (Wildman–Crippen MR) is 132 cm³/mol. The lowest BCUT2D eigenvalue weighted by atomic mass is 9.99. The van der Waals surface area contributed by atoms with Gasteiger partial charge in [-0.15, -0.1) is 11.3 Å². The van der Waals surface area contributed by atoms with Crippen molar-refractivity contribution in [3.63, 3.8) is 0 Å². The Hall–Kier alpha value is -2.00. The largest absolute Gasteiger partial charge is 0.493 e. The summed E-state index contributed by atoms with van der Waals surface area (Å²) in [4.78, 5) is 17.0. The molecule has 1 aromatic heterocycles. The Balaban J connectivity index is 1.89. The molecule has 1 aromatic carbocycles. The zero-order valence-electron chi connectivity index (χ0n) is 19.6. The maximum atomic E-state index is 12.5. The standard InChI is InChI=1S/C24H32N2O4S2/c1-7-20(18-8-9-22(29-4)23(12-18)30-5)24-21(17(3)27)13-19(31-24)15-25-10-11-26(32(6)28)16(2)14-25/h7-9,12-13,16H,10-11,14-15H2,1-6H3/b20-7-/t16-,32?/m0/s1. The van der Waals surface area contributed by atoms with Crippen molar-refractivity contribution in [2.24, 2.45) is 0 Å². The molecule has 8 heteroatoms. The number of Topliss-reactive ketones (excluding diaryl/α,β-unsaturated/α-hetero) is 1. The third-order valence-electron chi connectivity index (χ3n) is 5.75. The quantitative estimate of drug-likeness (QED) is 0.534. The molecule has 3 rings (SSSR count). The molecular weight excluding hydrogens is 444 g/mol. The van der Waals surface area contributed by atoms with Gasteiger partial charge in [-0.05, 0) is 50.1 Å². The van der Waals surface area contributed by atoms with E-state index >= 15 is 0 Å². The van der Waals surface area contributed by atoms with E-state index in [1.54, 1.807) is 38.7 Å². The van der Waals surface area contributed by atoms with E-state index in [9.17, 15) is 9.00 Å². The van der Waals surface area contributed by atoms with E-state index in [2.05, 4.69) is 11.8 Å². The molecule has 0 spiro atoms. The number of ketones is 1.